The fourth-order valence-corrected chi connectivity index (χ4v) is 1.78. The van der Waals surface area contributed by atoms with Crippen molar-refractivity contribution >= 4 is 17.1 Å². The molecule has 3 heteroatoms. The summed E-state index contributed by atoms with van der Waals surface area (Å²) in [5.41, 5.74) is 8.59. The van der Waals surface area contributed by atoms with Crippen LogP contribution < -0.4 is 15.4 Å². The van der Waals surface area contributed by atoms with Gasteiger partial charge < -0.3 is 15.4 Å². The molecule has 0 atom stereocenters. The number of rotatable bonds is 3. The highest BCUT2D eigenvalue weighted by atomic mass is 16.5. The summed E-state index contributed by atoms with van der Waals surface area (Å²) in [6.07, 6.45) is 0. The van der Waals surface area contributed by atoms with Crippen LogP contribution in [0.5, 0.6) is 5.75 Å². The predicted octanol–water partition coefficient (Wildman–Crippen LogP) is 3.05. The Hall–Kier alpha value is -2.16. The van der Waals surface area contributed by atoms with Crippen molar-refractivity contribution in [3.8, 4) is 5.75 Å². The van der Waals surface area contributed by atoms with Gasteiger partial charge in [0.05, 0.1) is 12.8 Å². The van der Waals surface area contributed by atoms with E-state index < -0.39 is 0 Å². The average Bonchev–Trinajstić information content (AvgIpc) is 2.38. The van der Waals surface area contributed by atoms with Crippen LogP contribution >= 0.6 is 0 Å². The minimum Gasteiger partial charge on any atom is -0.495 e. The number of nitrogens with zero attached hydrogens (tertiary/aromatic N) is 1. The normalized spacial score (nSPS) is 10.0. The van der Waals surface area contributed by atoms with Gasteiger partial charge in [-0.05, 0) is 30.3 Å². The number of hydrogen-bond acceptors (Lipinski definition) is 3. The van der Waals surface area contributed by atoms with Gasteiger partial charge in [0.25, 0.3) is 0 Å². The third kappa shape index (κ3) is 2.33. The summed E-state index contributed by atoms with van der Waals surface area (Å²) in [4.78, 5) is 2.05. The molecule has 2 aromatic rings. The summed E-state index contributed by atoms with van der Waals surface area (Å²) in [7, 11) is 3.67. The molecule has 0 unspecified atom stereocenters. The molecular weight excluding hydrogens is 212 g/mol. The summed E-state index contributed by atoms with van der Waals surface area (Å²) in [5.74, 6) is 0.845. The Balaban J connectivity index is 2.40. The molecule has 0 fully saturated rings. The SMILES string of the molecule is COc1ccccc1N(C)c1cccc(N)c1. The van der Waals surface area contributed by atoms with Crippen LogP contribution in [-0.4, -0.2) is 14.2 Å². The molecule has 0 saturated heterocycles. The van der Waals surface area contributed by atoms with Gasteiger partial charge in [-0.3, -0.25) is 0 Å². The number of nitrogen functional groups attached to an aromatic ring is 1. The molecule has 0 aromatic heterocycles. The van der Waals surface area contributed by atoms with E-state index in [4.69, 9.17) is 10.5 Å². The maximum Gasteiger partial charge on any atom is 0.142 e. The summed E-state index contributed by atoms with van der Waals surface area (Å²) in [5, 5.41) is 0. The van der Waals surface area contributed by atoms with Crippen molar-refractivity contribution in [2.45, 2.75) is 0 Å². The Kier molecular flexibility index (Phi) is 3.19. The van der Waals surface area contributed by atoms with Gasteiger partial charge in [-0.15, -0.1) is 0 Å². The van der Waals surface area contributed by atoms with Crippen LogP contribution in [0.25, 0.3) is 0 Å². The molecule has 17 heavy (non-hydrogen) atoms. The highest BCUT2D eigenvalue weighted by molar-refractivity contribution is 5.70. The number of ether oxygens (including phenoxy) is 1. The molecule has 0 bridgehead atoms. The maximum absolute atomic E-state index is 5.79. The Morgan fingerprint density at radius 2 is 1.82 bits per heavy atom. The Labute approximate surface area is 101 Å². The van der Waals surface area contributed by atoms with Gasteiger partial charge in [-0.1, -0.05) is 18.2 Å². The number of anilines is 3. The number of nitrogens with two attached hydrogens (primary N) is 1. The standard InChI is InChI=1S/C14H16N2O/c1-16(12-7-5-6-11(15)10-12)13-8-3-4-9-14(13)17-2/h3-10H,15H2,1-2H3. The third-order valence-corrected chi connectivity index (χ3v) is 2.70. The second-order valence-electron chi connectivity index (χ2n) is 3.83. The van der Waals surface area contributed by atoms with Gasteiger partial charge in [0.1, 0.15) is 5.75 Å². The van der Waals surface area contributed by atoms with E-state index in [1.807, 2.05) is 55.6 Å². The topological polar surface area (TPSA) is 38.5 Å². The lowest BCUT2D eigenvalue weighted by Gasteiger charge is -2.22. The van der Waals surface area contributed by atoms with Crippen LogP contribution in [0.3, 0.4) is 0 Å². The molecule has 0 aliphatic rings. The molecule has 0 saturated carbocycles. The molecule has 2 N–H and O–H groups in total. The second kappa shape index (κ2) is 4.78. The monoisotopic (exact) mass is 228 g/mol. The lowest BCUT2D eigenvalue weighted by atomic mass is 10.2. The van der Waals surface area contributed by atoms with Crippen molar-refractivity contribution in [3.05, 3.63) is 48.5 Å². The number of hydrogen-bond donors (Lipinski definition) is 1. The molecule has 0 aliphatic heterocycles. The van der Waals surface area contributed by atoms with Crippen LogP contribution in [-0.2, 0) is 0 Å². The first kappa shape index (κ1) is 11.3. The van der Waals surface area contributed by atoms with E-state index in [9.17, 15) is 0 Å². The molecule has 2 aromatic carbocycles. The smallest absolute Gasteiger partial charge is 0.142 e. The number of benzene rings is 2. The van der Waals surface area contributed by atoms with Crippen LogP contribution in [0.4, 0.5) is 17.1 Å². The number of para-hydroxylation sites is 2. The molecular formula is C14H16N2O. The first-order valence-corrected chi connectivity index (χ1v) is 5.44. The first-order chi connectivity index (χ1) is 8.22. The van der Waals surface area contributed by atoms with Crippen LogP contribution in [0.2, 0.25) is 0 Å². The van der Waals surface area contributed by atoms with Gasteiger partial charge in [-0.2, -0.15) is 0 Å². The molecule has 0 amide bonds. The zero-order valence-corrected chi connectivity index (χ0v) is 10.1. The van der Waals surface area contributed by atoms with Crippen molar-refractivity contribution in [3.63, 3.8) is 0 Å². The zero-order chi connectivity index (χ0) is 12.3. The van der Waals surface area contributed by atoms with Crippen molar-refractivity contribution in [1.29, 1.82) is 0 Å². The van der Waals surface area contributed by atoms with E-state index in [0.29, 0.717) is 0 Å². The lowest BCUT2D eigenvalue weighted by molar-refractivity contribution is 0.415. The average molecular weight is 228 g/mol. The minimum absolute atomic E-state index is 0.754. The van der Waals surface area contributed by atoms with Crippen LogP contribution in [0, 0.1) is 0 Å². The van der Waals surface area contributed by atoms with E-state index in [-0.39, 0.29) is 0 Å². The van der Waals surface area contributed by atoms with Gasteiger partial charge in [0.2, 0.25) is 0 Å². The lowest BCUT2D eigenvalue weighted by Crippen LogP contribution is -2.10. The van der Waals surface area contributed by atoms with E-state index in [1.54, 1.807) is 7.11 Å². The van der Waals surface area contributed by atoms with Crippen LogP contribution in [0.15, 0.2) is 48.5 Å². The first-order valence-electron chi connectivity index (χ1n) is 5.44. The van der Waals surface area contributed by atoms with Crippen molar-refractivity contribution < 1.29 is 4.74 Å². The zero-order valence-electron chi connectivity index (χ0n) is 10.1. The van der Waals surface area contributed by atoms with E-state index in [1.165, 1.54) is 0 Å². The quantitative estimate of drug-likeness (QED) is 0.820. The fourth-order valence-electron chi connectivity index (χ4n) is 1.78. The highest BCUT2D eigenvalue weighted by Crippen LogP contribution is 2.32. The molecule has 0 heterocycles. The van der Waals surface area contributed by atoms with Gasteiger partial charge in [-0.25, -0.2) is 0 Å². The number of methoxy groups -OCH3 is 1. The molecule has 0 radical (unpaired) electrons. The summed E-state index contributed by atoms with van der Waals surface area (Å²) in [6.45, 7) is 0. The molecule has 0 spiro atoms. The summed E-state index contributed by atoms with van der Waals surface area (Å²) >= 11 is 0. The van der Waals surface area contributed by atoms with Gasteiger partial charge in [0.15, 0.2) is 0 Å². The van der Waals surface area contributed by atoms with Crippen molar-refractivity contribution in [1.82, 2.24) is 0 Å². The Morgan fingerprint density at radius 3 is 2.53 bits per heavy atom. The van der Waals surface area contributed by atoms with E-state index >= 15 is 0 Å². The third-order valence-electron chi connectivity index (χ3n) is 2.70. The van der Waals surface area contributed by atoms with Gasteiger partial charge in [0, 0.05) is 18.4 Å². The molecule has 0 aliphatic carbocycles. The predicted molar refractivity (Wildman–Crippen MR) is 71.9 cm³/mol. The molecule has 3 nitrogen and oxygen atoms in total. The Morgan fingerprint density at radius 1 is 1.06 bits per heavy atom. The summed E-state index contributed by atoms with van der Waals surface area (Å²) < 4.78 is 5.35. The van der Waals surface area contributed by atoms with Gasteiger partial charge >= 0.3 is 0 Å². The Bertz CT molecular complexity index is 511. The summed E-state index contributed by atoms with van der Waals surface area (Å²) in [6, 6.07) is 15.7. The second-order valence-corrected chi connectivity index (χ2v) is 3.83. The molecule has 2 rings (SSSR count). The highest BCUT2D eigenvalue weighted by Gasteiger charge is 2.08. The fraction of sp³-hybridized carbons (Fsp3) is 0.143. The van der Waals surface area contributed by atoms with Crippen molar-refractivity contribution in [2.24, 2.45) is 0 Å². The van der Waals surface area contributed by atoms with E-state index in [2.05, 4.69) is 4.90 Å². The van der Waals surface area contributed by atoms with Crippen LogP contribution in [0.1, 0.15) is 0 Å². The minimum atomic E-state index is 0.754. The van der Waals surface area contributed by atoms with Crippen molar-refractivity contribution in [2.75, 3.05) is 24.8 Å². The largest absolute Gasteiger partial charge is 0.495 e. The van der Waals surface area contributed by atoms with E-state index in [0.717, 1.165) is 22.8 Å². The molecule has 88 valence electrons. The maximum atomic E-state index is 5.79.